The molecule has 2 heterocycles. The highest BCUT2D eigenvalue weighted by atomic mass is 32.2. The van der Waals surface area contributed by atoms with Crippen molar-refractivity contribution in [2.45, 2.75) is 5.03 Å². The van der Waals surface area contributed by atoms with Crippen molar-refractivity contribution in [1.29, 1.82) is 0 Å². The standard InChI is InChI=1S/C11H11N5O2S2/c1-16-5-10(13-6-16)20(17,18)15-11-14-8-3-2-7(12)4-9(8)19-11/h2-6H,12H2,1H3,(H,14,15). The molecule has 0 unspecified atom stereocenters. The maximum atomic E-state index is 12.1. The van der Waals surface area contributed by atoms with Gasteiger partial charge in [0.25, 0.3) is 10.0 Å². The summed E-state index contributed by atoms with van der Waals surface area (Å²) in [5.74, 6) is 0. The number of nitrogens with zero attached hydrogens (tertiary/aromatic N) is 3. The Hall–Kier alpha value is -2.13. The summed E-state index contributed by atoms with van der Waals surface area (Å²) in [5.41, 5.74) is 6.99. The van der Waals surface area contributed by atoms with Crippen LogP contribution in [0.1, 0.15) is 0 Å². The van der Waals surface area contributed by atoms with Gasteiger partial charge in [-0.2, -0.15) is 8.42 Å². The number of hydrogen-bond acceptors (Lipinski definition) is 6. The molecule has 1 aromatic carbocycles. The number of imidazole rings is 1. The average molecular weight is 309 g/mol. The third-order valence-corrected chi connectivity index (χ3v) is 4.88. The van der Waals surface area contributed by atoms with Gasteiger partial charge in [0.1, 0.15) is 0 Å². The molecular weight excluding hydrogens is 298 g/mol. The molecule has 2 aromatic heterocycles. The molecule has 3 N–H and O–H groups in total. The highest BCUT2D eigenvalue weighted by Gasteiger charge is 2.19. The van der Waals surface area contributed by atoms with E-state index in [9.17, 15) is 8.42 Å². The van der Waals surface area contributed by atoms with E-state index in [4.69, 9.17) is 5.73 Å². The second-order valence-corrected chi connectivity index (χ2v) is 6.89. The van der Waals surface area contributed by atoms with Crippen LogP contribution in [0.5, 0.6) is 0 Å². The zero-order valence-electron chi connectivity index (χ0n) is 10.4. The van der Waals surface area contributed by atoms with Gasteiger partial charge in [0.05, 0.1) is 16.5 Å². The van der Waals surface area contributed by atoms with E-state index in [0.717, 1.165) is 4.70 Å². The predicted octanol–water partition coefficient (Wildman–Crippen LogP) is 1.41. The zero-order chi connectivity index (χ0) is 14.3. The number of hydrogen-bond donors (Lipinski definition) is 2. The number of nitrogen functional groups attached to an aromatic ring is 1. The molecule has 0 spiro atoms. The molecule has 0 amide bonds. The van der Waals surface area contributed by atoms with Crippen LogP contribution >= 0.6 is 11.3 Å². The maximum absolute atomic E-state index is 12.1. The van der Waals surface area contributed by atoms with Crippen LogP contribution in [-0.2, 0) is 17.1 Å². The van der Waals surface area contributed by atoms with Crippen molar-refractivity contribution < 1.29 is 8.42 Å². The van der Waals surface area contributed by atoms with E-state index in [1.165, 1.54) is 23.9 Å². The van der Waals surface area contributed by atoms with Gasteiger partial charge in [-0.15, -0.1) is 0 Å². The van der Waals surface area contributed by atoms with Crippen LogP contribution in [0.2, 0.25) is 0 Å². The van der Waals surface area contributed by atoms with Crippen LogP contribution in [0.15, 0.2) is 35.7 Å². The highest BCUT2D eigenvalue weighted by Crippen LogP contribution is 2.28. The Morgan fingerprint density at radius 2 is 2.20 bits per heavy atom. The summed E-state index contributed by atoms with van der Waals surface area (Å²) in [5, 5.41) is 0.245. The van der Waals surface area contributed by atoms with Gasteiger partial charge < -0.3 is 10.3 Å². The van der Waals surface area contributed by atoms with Gasteiger partial charge in [0, 0.05) is 18.9 Å². The fourth-order valence-electron chi connectivity index (χ4n) is 1.68. The molecular formula is C11H11N5O2S2. The molecule has 0 radical (unpaired) electrons. The summed E-state index contributed by atoms with van der Waals surface area (Å²) in [6.45, 7) is 0. The molecule has 0 aliphatic carbocycles. The lowest BCUT2D eigenvalue weighted by Crippen LogP contribution is -2.13. The number of aromatic nitrogens is 3. The molecule has 3 rings (SSSR count). The summed E-state index contributed by atoms with van der Waals surface area (Å²) >= 11 is 1.22. The third-order valence-electron chi connectivity index (χ3n) is 2.59. The summed E-state index contributed by atoms with van der Waals surface area (Å²) in [6.07, 6.45) is 2.85. The Morgan fingerprint density at radius 3 is 2.90 bits per heavy atom. The van der Waals surface area contributed by atoms with Gasteiger partial charge in [0.15, 0.2) is 10.2 Å². The number of nitrogens with one attached hydrogen (secondary N) is 1. The Labute approximate surface area is 119 Å². The van der Waals surface area contributed by atoms with Crippen LogP contribution in [0, 0.1) is 0 Å². The SMILES string of the molecule is Cn1cnc(S(=O)(=O)Nc2nc3ccc(N)cc3s2)c1. The number of sulfonamides is 1. The van der Waals surface area contributed by atoms with Crippen LogP contribution < -0.4 is 10.5 Å². The van der Waals surface area contributed by atoms with Crippen molar-refractivity contribution in [3.63, 3.8) is 0 Å². The minimum atomic E-state index is -3.72. The summed E-state index contributed by atoms with van der Waals surface area (Å²) in [6, 6.07) is 5.23. The Bertz CT molecular complexity index is 881. The molecule has 0 bridgehead atoms. The number of fused-ring (bicyclic) bond motifs is 1. The van der Waals surface area contributed by atoms with Crippen molar-refractivity contribution in [1.82, 2.24) is 14.5 Å². The second-order valence-electron chi connectivity index (χ2n) is 4.23. The first-order chi connectivity index (χ1) is 9.44. The van der Waals surface area contributed by atoms with E-state index in [0.29, 0.717) is 11.2 Å². The normalized spacial score (nSPS) is 11.8. The minimum absolute atomic E-state index is 0.0428. The van der Waals surface area contributed by atoms with Gasteiger partial charge in [0.2, 0.25) is 0 Å². The van der Waals surface area contributed by atoms with E-state index in [1.54, 1.807) is 29.8 Å². The number of aryl methyl sites for hydroxylation is 1. The lowest BCUT2D eigenvalue weighted by atomic mass is 10.3. The first-order valence-electron chi connectivity index (χ1n) is 5.61. The molecule has 0 atom stereocenters. The van der Waals surface area contributed by atoms with Crippen LogP contribution in [0.3, 0.4) is 0 Å². The molecule has 0 saturated carbocycles. The molecule has 0 aliphatic heterocycles. The second kappa shape index (κ2) is 4.46. The smallest absolute Gasteiger partial charge is 0.282 e. The van der Waals surface area contributed by atoms with Gasteiger partial charge in [-0.1, -0.05) is 11.3 Å². The first kappa shape index (κ1) is 12.9. The summed E-state index contributed by atoms with van der Waals surface area (Å²) < 4.78 is 29.0. The van der Waals surface area contributed by atoms with Gasteiger partial charge in [-0.25, -0.2) is 9.97 Å². The van der Waals surface area contributed by atoms with E-state index < -0.39 is 10.0 Å². The third kappa shape index (κ3) is 2.32. The molecule has 104 valence electrons. The predicted molar refractivity (Wildman–Crippen MR) is 78.0 cm³/mol. The van der Waals surface area contributed by atoms with E-state index in [1.807, 2.05) is 0 Å². The Kier molecular flexibility index (Phi) is 2.87. The monoisotopic (exact) mass is 309 g/mol. The zero-order valence-corrected chi connectivity index (χ0v) is 12.1. The van der Waals surface area contributed by atoms with Crippen LogP contribution in [0.25, 0.3) is 10.2 Å². The summed E-state index contributed by atoms with van der Waals surface area (Å²) in [4.78, 5) is 8.03. The number of benzene rings is 1. The van der Waals surface area contributed by atoms with Crippen molar-refractivity contribution in [2.75, 3.05) is 10.5 Å². The quantitative estimate of drug-likeness (QED) is 0.712. The molecule has 0 aliphatic rings. The molecule has 7 nitrogen and oxygen atoms in total. The molecule has 0 fully saturated rings. The largest absolute Gasteiger partial charge is 0.399 e. The van der Waals surface area contributed by atoms with E-state index >= 15 is 0 Å². The van der Waals surface area contributed by atoms with Gasteiger partial charge >= 0.3 is 0 Å². The van der Waals surface area contributed by atoms with Crippen molar-refractivity contribution in [3.05, 3.63) is 30.7 Å². The van der Waals surface area contributed by atoms with Crippen LogP contribution in [0.4, 0.5) is 10.8 Å². The Morgan fingerprint density at radius 1 is 1.40 bits per heavy atom. The fourth-order valence-corrected chi connectivity index (χ4v) is 3.81. The minimum Gasteiger partial charge on any atom is -0.399 e. The number of thiazole rings is 1. The molecule has 9 heteroatoms. The van der Waals surface area contributed by atoms with Crippen molar-refractivity contribution in [3.8, 4) is 0 Å². The van der Waals surface area contributed by atoms with Gasteiger partial charge in [-0.05, 0) is 18.2 Å². The van der Waals surface area contributed by atoms with Crippen LogP contribution in [-0.4, -0.2) is 23.0 Å². The lowest BCUT2D eigenvalue weighted by Gasteiger charge is -2.00. The first-order valence-corrected chi connectivity index (χ1v) is 7.91. The van der Waals surface area contributed by atoms with E-state index in [-0.39, 0.29) is 10.2 Å². The fraction of sp³-hybridized carbons (Fsp3) is 0.0909. The van der Waals surface area contributed by atoms with E-state index in [2.05, 4.69) is 14.7 Å². The maximum Gasteiger partial charge on any atom is 0.282 e. The van der Waals surface area contributed by atoms with Gasteiger partial charge in [-0.3, -0.25) is 4.72 Å². The summed E-state index contributed by atoms with van der Waals surface area (Å²) in [7, 11) is -2.01. The molecule has 20 heavy (non-hydrogen) atoms. The topological polar surface area (TPSA) is 103 Å². The number of anilines is 2. The van der Waals surface area contributed by atoms with Crippen molar-refractivity contribution >= 4 is 42.4 Å². The average Bonchev–Trinajstić information content (AvgIpc) is 2.94. The lowest BCUT2D eigenvalue weighted by molar-refractivity contribution is 0.598. The molecule has 3 aromatic rings. The number of rotatable bonds is 3. The molecule has 0 saturated heterocycles. The number of nitrogens with two attached hydrogens (primary N) is 1. The highest BCUT2D eigenvalue weighted by molar-refractivity contribution is 7.92. The van der Waals surface area contributed by atoms with Crippen molar-refractivity contribution in [2.24, 2.45) is 7.05 Å². The Balaban J connectivity index is 1.96.